The Balaban J connectivity index is 2.57. The highest BCUT2D eigenvalue weighted by Crippen LogP contribution is 2.14. The van der Waals surface area contributed by atoms with Crippen LogP contribution in [0.25, 0.3) is 10.9 Å². The van der Waals surface area contributed by atoms with Gasteiger partial charge in [-0.15, -0.1) is 0 Å². The van der Waals surface area contributed by atoms with Gasteiger partial charge in [0.15, 0.2) is 9.84 Å². The van der Waals surface area contributed by atoms with Crippen molar-refractivity contribution in [1.29, 1.82) is 0 Å². The Kier molecular flexibility index (Phi) is 3.41. The maximum absolute atomic E-state index is 11.8. The fraction of sp³-hybridized carbons (Fsp3) is 0.273. The van der Waals surface area contributed by atoms with Gasteiger partial charge in [-0.25, -0.2) is 13.4 Å². The molecule has 0 saturated carbocycles. The highest BCUT2D eigenvalue weighted by Gasteiger charge is 2.12. The van der Waals surface area contributed by atoms with E-state index >= 15 is 0 Å². The molecule has 0 saturated heterocycles. The van der Waals surface area contributed by atoms with Crippen LogP contribution in [0, 0.1) is 0 Å². The zero-order chi connectivity index (χ0) is 13.3. The van der Waals surface area contributed by atoms with Crippen LogP contribution in [0.2, 0.25) is 5.02 Å². The average molecular weight is 287 g/mol. The molecule has 2 rings (SSSR count). The lowest BCUT2D eigenvalue weighted by atomic mass is 10.2. The number of rotatable bonds is 3. The number of hydrogen-bond donors (Lipinski definition) is 1. The first-order chi connectivity index (χ1) is 8.41. The largest absolute Gasteiger partial charge is 0.309 e. The number of sulfone groups is 1. The van der Waals surface area contributed by atoms with Crippen molar-refractivity contribution in [3.8, 4) is 0 Å². The minimum Gasteiger partial charge on any atom is -0.309 e. The molecule has 1 N–H and O–H groups in total. The van der Waals surface area contributed by atoms with E-state index in [0.717, 1.165) is 0 Å². The van der Waals surface area contributed by atoms with Crippen LogP contribution in [0.3, 0.4) is 0 Å². The summed E-state index contributed by atoms with van der Waals surface area (Å²) in [5.74, 6) is -0.108. The third-order valence-electron chi connectivity index (χ3n) is 2.51. The first-order valence-corrected chi connectivity index (χ1v) is 7.50. The number of benzene rings is 1. The number of fused-ring (bicyclic) bond motifs is 1. The quantitative estimate of drug-likeness (QED) is 0.927. The second-order valence-electron chi connectivity index (χ2n) is 3.85. The standard InChI is InChI=1S/C11H11ClN2O3S/c1-2-18(16,17)6-10-13-9-4-3-7(12)5-8(9)11(15)14-10/h3-5H,2,6H2,1H3,(H,13,14,15). The second-order valence-corrected chi connectivity index (χ2v) is 6.64. The van der Waals surface area contributed by atoms with E-state index in [4.69, 9.17) is 11.6 Å². The molecule has 0 amide bonds. The van der Waals surface area contributed by atoms with Gasteiger partial charge < -0.3 is 4.98 Å². The summed E-state index contributed by atoms with van der Waals surface area (Å²) in [6, 6.07) is 4.70. The Morgan fingerprint density at radius 2 is 2.11 bits per heavy atom. The van der Waals surface area contributed by atoms with Gasteiger partial charge in [-0.05, 0) is 18.2 Å². The predicted molar refractivity (Wildman–Crippen MR) is 70.5 cm³/mol. The van der Waals surface area contributed by atoms with Crippen LogP contribution in [-0.2, 0) is 15.6 Å². The van der Waals surface area contributed by atoms with Crippen molar-refractivity contribution in [2.45, 2.75) is 12.7 Å². The first kappa shape index (κ1) is 13.0. The van der Waals surface area contributed by atoms with Crippen LogP contribution in [0.1, 0.15) is 12.7 Å². The molecule has 0 atom stereocenters. The van der Waals surface area contributed by atoms with Crippen LogP contribution in [-0.4, -0.2) is 24.1 Å². The molecule has 0 aliphatic rings. The van der Waals surface area contributed by atoms with Gasteiger partial charge in [0.05, 0.1) is 10.9 Å². The fourth-order valence-electron chi connectivity index (χ4n) is 1.54. The third kappa shape index (κ3) is 2.70. The minimum atomic E-state index is -3.22. The molecular formula is C11H11ClN2O3S. The fourth-order valence-corrected chi connectivity index (χ4v) is 2.47. The zero-order valence-corrected chi connectivity index (χ0v) is 11.2. The van der Waals surface area contributed by atoms with E-state index in [-0.39, 0.29) is 22.9 Å². The van der Waals surface area contributed by atoms with Gasteiger partial charge in [-0.2, -0.15) is 0 Å². The Labute approximate surface area is 109 Å². The van der Waals surface area contributed by atoms with Crippen molar-refractivity contribution < 1.29 is 8.42 Å². The minimum absolute atomic E-state index is 0.00929. The summed E-state index contributed by atoms with van der Waals surface area (Å²) in [6.07, 6.45) is 0. The number of hydrogen-bond acceptors (Lipinski definition) is 4. The molecule has 0 unspecified atom stereocenters. The van der Waals surface area contributed by atoms with Crippen LogP contribution >= 0.6 is 11.6 Å². The molecule has 0 radical (unpaired) electrons. The van der Waals surface area contributed by atoms with Gasteiger partial charge >= 0.3 is 0 Å². The number of aromatic amines is 1. The van der Waals surface area contributed by atoms with Crippen LogP contribution in [0.5, 0.6) is 0 Å². The summed E-state index contributed by atoms with van der Waals surface area (Å²) in [5, 5.41) is 0.781. The summed E-state index contributed by atoms with van der Waals surface area (Å²) in [6.45, 7) is 1.55. The summed E-state index contributed by atoms with van der Waals surface area (Å²) < 4.78 is 23.0. The SMILES string of the molecule is CCS(=O)(=O)Cc1nc2ccc(Cl)cc2c(=O)[nH]1. The molecule has 0 bridgehead atoms. The number of nitrogens with zero attached hydrogens (tertiary/aromatic N) is 1. The monoisotopic (exact) mass is 286 g/mol. The van der Waals surface area contributed by atoms with Crippen molar-refractivity contribution in [3.05, 3.63) is 39.4 Å². The number of halogens is 1. The second kappa shape index (κ2) is 4.70. The lowest BCUT2D eigenvalue weighted by Gasteiger charge is -2.03. The highest BCUT2D eigenvalue weighted by molar-refractivity contribution is 7.90. The summed E-state index contributed by atoms with van der Waals surface area (Å²) in [5.41, 5.74) is 0.0493. The molecule has 18 heavy (non-hydrogen) atoms. The lowest BCUT2D eigenvalue weighted by molar-refractivity contribution is 0.595. The van der Waals surface area contributed by atoms with E-state index < -0.39 is 9.84 Å². The van der Waals surface area contributed by atoms with Crippen molar-refractivity contribution in [1.82, 2.24) is 9.97 Å². The Morgan fingerprint density at radius 3 is 2.78 bits per heavy atom. The topological polar surface area (TPSA) is 79.9 Å². The van der Waals surface area contributed by atoms with Gasteiger partial charge in [-0.1, -0.05) is 18.5 Å². The molecule has 1 heterocycles. The Hall–Kier alpha value is -1.40. The normalized spacial score (nSPS) is 11.9. The number of H-pyrrole nitrogens is 1. The molecule has 0 aliphatic heterocycles. The van der Waals surface area contributed by atoms with Crippen molar-refractivity contribution in [2.24, 2.45) is 0 Å². The predicted octanol–water partition coefficient (Wildman–Crippen LogP) is 1.51. The van der Waals surface area contributed by atoms with E-state index in [1.807, 2.05) is 0 Å². The molecule has 7 heteroatoms. The van der Waals surface area contributed by atoms with Gasteiger partial charge in [-0.3, -0.25) is 4.79 Å². The highest BCUT2D eigenvalue weighted by atomic mass is 35.5. The Morgan fingerprint density at radius 1 is 1.39 bits per heavy atom. The smallest absolute Gasteiger partial charge is 0.258 e. The molecule has 1 aromatic carbocycles. The molecular weight excluding hydrogens is 276 g/mol. The first-order valence-electron chi connectivity index (χ1n) is 5.30. The van der Waals surface area contributed by atoms with Gasteiger partial charge in [0, 0.05) is 10.8 Å². The molecule has 0 aliphatic carbocycles. The van der Waals surface area contributed by atoms with Gasteiger partial charge in [0.1, 0.15) is 11.6 Å². The summed E-state index contributed by atoms with van der Waals surface area (Å²) >= 11 is 5.78. The maximum Gasteiger partial charge on any atom is 0.258 e. The molecule has 0 fully saturated rings. The van der Waals surface area contributed by atoms with Crippen molar-refractivity contribution in [3.63, 3.8) is 0 Å². The van der Waals surface area contributed by atoms with Gasteiger partial charge in [0.25, 0.3) is 5.56 Å². The van der Waals surface area contributed by atoms with E-state index in [1.165, 1.54) is 6.07 Å². The molecule has 2 aromatic rings. The van der Waals surface area contributed by atoms with Crippen molar-refractivity contribution >= 4 is 32.3 Å². The van der Waals surface area contributed by atoms with E-state index in [0.29, 0.717) is 15.9 Å². The zero-order valence-electron chi connectivity index (χ0n) is 9.60. The average Bonchev–Trinajstić information content (AvgIpc) is 2.30. The van der Waals surface area contributed by atoms with Gasteiger partial charge in [0.2, 0.25) is 0 Å². The summed E-state index contributed by atoms with van der Waals surface area (Å²) in [7, 11) is -3.22. The molecule has 5 nitrogen and oxygen atoms in total. The Bertz CT molecular complexity index is 752. The number of aromatic nitrogens is 2. The van der Waals surface area contributed by atoms with E-state index in [1.54, 1.807) is 19.1 Å². The maximum atomic E-state index is 11.8. The van der Waals surface area contributed by atoms with Crippen LogP contribution < -0.4 is 5.56 Å². The van der Waals surface area contributed by atoms with E-state index in [9.17, 15) is 13.2 Å². The third-order valence-corrected chi connectivity index (χ3v) is 4.34. The van der Waals surface area contributed by atoms with Crippen LogP contribution in [0.4, 0.5) is 0 Å². The molecule has 96 valence electrons. The lowest BCUT2D eigenvalue weighted by Crippen LogP contribution is -2.16. The van der Waals surface area contributed by atoms with Crippen molar-refractivity contribution in [2.75, 3.05) is 5.75 Å². The number of nitrogens with one attached hydrogen (secondary N) is 1. The van der Waals surface area contributed by atoms with Crippen LogP contribution in [0.15, 0.2) is 23.0 Å². The van der Waals surface area contributed by atoms with E-state index in [2.05, 4.69) is 9.97 Å². The summed E-state index contributed by atoms with van der Waals surface area (Å²) in [4.78, 5) is 18.4. The molecule has 1 aromatic heterocycles. The molecule has 0 spiro atoms.